The number of nitro groups is 1. The van der Waals surface area contributed by atoms with Gasteiger partial charge in [0.1, 0.15) is 0 Å². The van der Waals surface area contributed by atoms with Crippen LogP contribution in [0.5, 0.6) is 0 Å². The van der Waals surface area contributed by atoms with Crippen molar-refractivity contribution in [3.05, 3.63) is 45.7 Å². The van der Waals surface area contributed by atoms with Gasteiger partial charge in [-0.3, -0.25) is 10.1 Å². The summed E-state index contributed by atoms with van der Waals surface area (Å²) < 4.78 is 9.33. The van der Waals surface area contributed by atoms with Gasteiger partial charge in [-0.05, 0) is 23.8 Å². The molecule has 0 aliphatic heterocycles. The van der Waals surface area contributed by atoms with Crippen molar-refractivity contribution in [2.45, 2.75) is 0 Å². The third-order valence-corrected chi connectivity index (χ3v) is 2.01. The average Bonchev–Trinajstić information content (AvgIpc) is 2.35. The first kappa shape index (κ1) is 12.7. The number of carbonyl (C=O) groups excluding carboxylic acids is 1. The Hall–Kier alpha value is -2.37. The monoisotopic (exact) mass is 237 g/mol. The van der Waals surface area contributed by atoms with Crippen molar-refractivity contribution in [1.29, 1.82) is 0 Å². The third-order valence-electron chi connectivity index (χ3n) is 2.01. The third kappa shape index (κ3) is 3.30. The highest BCUT2D eigenvalue weighted by Crippen LogP contribution is 2.14. The molecular weight excluding hydrogens is 226 g/mol. The molecule has 17 heavy (non-hydrogen) atoms. The molecule has 0 unspecified atom stereocenters. The minimum absolute atomic E-state index is 0.0146. The Kier molecular flexibility index (Phi) is 4.21. The maximum Gasteiger partial charge on any atom is 0.373 e. The first-order chi connectivity index (χ1) is 8.08. The Morgan fingerprint density at radius 2 is 1.82 bits per heavy atom. The summed E-state index contributed by atoms with van der Waals surface area (Å²) in [7, 11) is 2.58. The number of non-ortho nitro benzene ring substituents is 1. The van der Waals surface area contributed by atoms with Crippen molar-refractivity contribution in [2.24, 2.45) is 0 Å². The summed E-state index contributed by atoms with van der Waals surface area (Å²) in [6, 6.07) is 5.72. The summed E-state index contributed by atoms with van der Waals surface area (Å²) in [4.78, 5) is 21.1. The molecule has 6 nitrogen and oxygen atoms in total. The molecule has 0 aliphatic carbocycles. The number of carbonyl (C=O) groups is 1. The Morgan fingerprint density at radius 1 is 1.24 bits per heavy atom. The van der Waals surface area contributed by atoms with E-state index in [0.717, 1.165) is 0 Å². The van der Waals surface area contributed by atoms with Gasteiger partial charge in [0.05, 0.1) is 19.1 Å². The standard InChI is InChI=1S/C11H11NO5/c1-16-10(11(13)17-2)7-8-3-5-9(6-4-8)12(14)15/h3-7H,1-2H3/b10-7-. The number of benzene rings is 1. The van der Waals surface area contributed by atoms with Crippen molar-refractivity contribution >= 4 is 17.7 Å². The summed E-state index contributed by atoms with van der Waals surface area (Å²) in [5.74, 6) is -0.577. The Bertz CT molecular complexity index is 449. The molecule has 0 N–H and O–H groups in total. The van der Waals surface area contributed by atoms with Gasteiger partial charge in [-0.15, -0.1) is 0 Å². The van der Waals surface area contributed by atoms with Gasteiger partial charge in [-0.25, -0.2) is 4.79 Å². The van der Waals surface area contributed by atoms with Crippen LogP contribution in [0.2, 0.25) is 0 Å². The maximum atomic E-state index is 11.2. The van der Waals surface area contributed by atoms with Gasteiger partial charge in [-0.1, -0.05) is 0 Å². The highest BCUT2D eigenvalue weighted by molar-refractivity contribution is 5.91. The van der Waals surface area contributed by atoms with Crippen LogP contribution in [-0.2, 0) is 14.3 Å². The number of nitro benzene ring substituents is 1. The van der Waals surface area contributed by atoms with E-state index >= 15 is 0 Å². The van der Waals surface area contributed by atoms with E-state index < -0.39 is 10.9 Å². The molecule has 0 saturated heterocycles. The Labute approximate surface area is 97.6 Å². The lowest BCUT2D eigenvalue weighted by Gasteiger charge is -2.03. The molecule has 0 aromatic heterocycles. The molecule has 1 rings (SSSR count). The fraction of sp³-hybridized carbons (Fsp3) is 0.182. The maximum absolute atomic E-state index is 11.2. The van der Waals surface area contributed by atoms with Gasteiger partial charge in [0.25, 0.3) is 5.69 Å². The van der Waals surface area contributed by atoms with Crippen LogP contribution in [0.3, 0.4) is 0 Å². The molecule has 1 aromatic carbocycles. The van der Waals surface area contributed by atoms with Crippen molar-refractivity contribution in [1.82, 2.24) is 0 Å². The summed E-state index contributed by atoms with van der Waals surface area (Å²) >= 11 is 0. The SMILES string of the molecule is COC(=O)/C(=C/c1ccc([N+](=O)[O-])cc1)OC. The average molecular weight is 237 g/mol. The fourth-order valence-corrected chi connectivity index (χ4v) is 1.15. The van der Waals surface area contributed by atoms with E-state index in [0.29, 0.717) is 5.56 Å². The zero-order valence-electron chi connectivity index (χ0n) is 9.38. The summed E-state index contributed by atoms with van der Waals surface area (Å²) in [6.45, 7) is 0. The van der Waals surface area contributed by atoms with E-state index in [4.69, 9.17) is 4.74 Å². The van der Waals surface area contributed by atoms with E-state index in [1.54, 1.807) is 0 Å². The number of hydrogen-bond donors (Lipinski definition) is 0. The van der Waals surface area contributed by atoms with Crippen LogP contribution in [0.1, 0.15) is 5.56 Å². The van der Waals surface area contributed by atoms with E-state index in [1.807, 2.05) is 0 Å². The van der Waals surface area contributed by atoms with Gasteiger partial charge >= 0.3 is 5.97 Å². The molecule has 0 fully saturated rings. The number of ether oxygens (including phenoxy) is 2. The summed E-state index contributed by atoms with van der Waals surface area (Å²) in [6.07, 6.45) is 1.44. The second kappa shape index (κ2) is 5.64. The van der Waals surface area contributed by atoms with Crippen molar-refractivity contribution in [3.8, 4) is 0 Å². The normalized spacial score (nSPS) is 10.8. The van der Waals surface area contributed by atoms with Crippen LogP contribution < -0.4 is 0 Å². The predicted octanol–water partition coefficient (Wildman–Crippen LogP) is 1.76. The zero-order valence-corrected chi connectivity index (χ0v) is 9.38. The smallest absolute Gasteiger partial charge is 0.373 e. The second-order valence-corrected chi connectivity index (χ2v) is 3.05. The number of rotatable bonds is 4. The Morgan fingerprint density at radius 3 is 2.24 bits per heavy atom. The molecule has 0 amide bonds. The summed E-state index contributed by atoms with van der Waals surface area (Å²) in [5.41, 5.74) is 0.594. The van der Waals surface area contributed by atoms with E-state index in [2.05, 4.69) is 4.74 Å². The van der Waals surface area contributed by atoms with Gasteiger partial charge in [0.2, 0.25) is 5.76 Å². The molecule has 0 saturated carbocycles. The number of nitrogens with zero attached hydrogens (tertiary/aromatic N) is 1. The molecule has 0 aliphatic rings. The van der Waals surface area contributed by atoms with Crippen LogP contribution in [0, 0.1) is 10.1 Å². The fourth-order valence-electron chi connectivity index (χ4n) is 1.15. The van der Waals surface area contributed by atoms with Crippen LogP contribution in [0.15, 0.2) is 30.0 Å². The van der Waals surface area contributed by atoms with Gasteiger partial charge in [-0.2, -0.15) is 0 Å². The number of esters is 1. The topological polar surface area (TPSA) is 78.7 Å². The lowest BCUT2D eigenvalue weighted by atomic mass is 10.2. The number of methoxy groups -OCH3 is 2. The molecule has 90 valence electrons. The van der Waals surface area contributed by atoms with Gasteiger partial charge < -0.3 is 9.47 Å². The van der Waals surface area contributed by atoms with Crippen LogP contribution in [0.25, 0.3) is 6.08 Å². The van der Waals surface area contributed by atoms with Gasteiger partial charge in [0.15, 0.2) is 0 Å². The molecule has 6 heteroatoms. The van der Waals surface area contributed by atoms with Crippen molar-refractivity contribution in [2.75, 3.05) is 14.2 Å². The minimum Gasteiger partial charge on any atom is -0.490 e. The lowest BCUT2D eigenvalue weighted by molar-refractivity contribution is -0.384. The van der Waals surface area contributed by atoms with E-state index in [1.165, 1.54) is 44.6 Å². The van der Waals surface area contributed by atoms with E-state index in [9.17, 15) is 14.9 Å². The van der Waals surface area contributed by atoms with Gasteiger partial charge in [0, 0.05) is 12.1 Å². The Balaban J connectivity index is 2.97. The van der Waals surface area contributed by atoms with E-state index in [-0.39, 0.29) is 11.4 Å². The van der Waals surface area contributed by atoms with Crippen molar-refractivity contribution in [3.63, 3.8) is 0 Å². The van der Waals surface area contributed by atoms with Crippen LogP contribution in [0.4, 0.5) is 5.69 Å². The predicted molar refractivity (Wildman–Crippen MR) is 60.1 cm³/mol. The summed E-state index contributed by atoms with van der Waals surface area (Å²) in [5, 5.41) is 10.4. The first-order valence-electron chi connectivity index (χ1n) is 4.67. The molecule has 0 bridgehead atoms. The van der Waals surface area contributed by atoms with Crippen molar-refractivity contribution < 1.29 is 19.2 Å². The molecule has 0 spiro atoms. The molecule has 1 aromatic rings. The zero-order chi connectivity index (χ0) is 12.8. The quantitative estimate of drug-likeness (QED) is 0.262. The lowest BCUT2D eigenvalue weighted by Crippen LogP contribution is -2.06. The molecule has 0 radical (unpaired) electrons. The highest BCUT2D eigenvalue weighted by atomic mass is 16.6. The molecular formula is C11H11NO5. The number of hydrogen-bond acceptors (Lipinski definition) is 5. The molecule has 0 heterocycles. The first-order valence-corrected chi connectivity index (χ1v) is 4.67. The molecule has 0 atom stereocenters. The second-order valence-electron chi connectivity index (χ2n) is 3.05. The van der Waals surface area contributed by atoms with Crippen LogP contribution >= 0.6 is 0 Å². The minimum atomic E-state index is -0.606. The van der Waals surface area contributed by atoms with Crippen LogP contribution in [-0.4, -0.2) is 25.1 Å². The largest absolute Gasteiger partial charge is 0.490 e. The highest BCUT2D eigenvalue weighted by Gasteiger charge is 2.10.